The number of amides is 1. The highest BCUT2D eigenvalue weighted by Gasteiger charge is 2.44. The number of aliphatic hydroxyl groups is 1. The SMILES string of the molecule is COc1ccccc1NC(=O)CN1CCC[C@@]2(CCCC2O)C1. The van der Waals surface area contributed by atoms with Gasteiger partial charge in [-0.2, -0.15) is 0 Å². The number of methoxy groups -OCH3 is 1. The van der Waals surface area contributed by atoms with Gasteiger partial charge in [-0.1, -0.05) is 18.6 Å². The monoisotopic (exact) mass is 318 g/mol. The van der Waals surface area contributed by atoms with E-state index in [1.165, 1.54) is 0 Å². The van der Waals surface area contributed by atoms with Gasteiger partial charge in [0.15, 0.2) is 0 Å². The molecular formula is C18H26N2O3. The van der Waals surface area contributed by atoms with Crippen LogP contribution in [0.1, 0.15) is 32.1 Å². The number of hydrogen-bond acceptors (Lipinski definition) is 4. The van der Waals surface area contributed by atoms with Gasteiger partial charge in [-0.05, 0) is 44.4 Å². The zero-order valence-corrected chi connectivity index (χ0v) is 13.8. The van der Waals surface area contributed by atoms with Crippen molar-refractivity contribution < 1.29 is 14.6 Å². The third-order valence-corrected chi connectivity index (χ3v) is 5.29. The largest absolute Gasteiger partial charge is 0.495 e. The number of ether oxygens (including phenoxy) is 1. The molecule has 1 heterocycles. The average Bonchev–Trinajstić information content (AvgIpc) is 2.88. The van der Waals surface area contributed by atoms with E-state index in [1.807, 2.05) is 24.3 Å². The van der Waals surface area contributed by atoms with Crippen molar-refractivity contribution in [2.45, 2.75) is 38.2 Å². The number of piperidine rings is 1. The maximum atomic E-state index is 12.4. The number of nitrogens with zero attached hydrogens (tertiary/aromatic N) is 1. The predicted molar refractivity (Wildman–Crippen MR) is 89.6 cm³/mol. The minimum Gasteiger partial charge on any atom is -0.495 e. The molecule has 2 N–H and O–H groups in total. The molecule has 23 heavy (non-hydrogen) atoms. The van der Waals surface area contributed by atoms with Crippen LogP contribution >= 0.6 is 0 Å². The van der Waals surface area contributed by atoms with Crippen molar-refractivity contribution in [2.24, 2.45) is 5.41 Å². The molecule has 1 aromatic rings. The number of nitrogens with one attached hydrogen (secondary N) is 1. The molecule has 1 amide bonds. The predicted octanol–water partition coefficient (Wildman–Crippen LogP) is 2.26. The van der Waals surface area contributed by atoms with Crippen molar-refractivity contribution in [3.63, 3.8) is 0 Å². The smallest absolute Gasteiger partial charge is 0.238 e. The first-order chi connectivity index (χ1) is 11.1. The Balaban J connectivity index is 1.59. The molecule has 1 spiro atoms. The number of carbonyl (C=O) groups is 1. The molecule has 3 rings (SSSR count). The number of carbonyl (C=O) groups excluding carboxylic acids is 1. The summed E-state index contributed by atoms with van der Waals surface area (Å²) in [6, 6.07) is 7.43. The number of benzene rings is 1. The third-order valence-electron chi connectivity index (χ3n) is 5.29. The lowest BCUT2D eigenvalue weighted by atomic mass is 9.77. The van der Waals surface area contributed by atoms with E-state index in [1.54, 1.807) is 7.11 Å². The van der Waals surface area contributed by atoms with Crippen molar-refractivity contribution in [2.75, 3.05) is 32.1 Å². The van der Waals surface area contributed by atoms with Crippen molar-refractivity contribution in [1.29, 1.82) is 0 Å². The zero-order valence-electron chi connectivity index (χ0n) is 13.8. The highest BCUT2D eigenvalue weighted by Crippen LogP contribution is 2.44. The fourth-order valence-electron chi connectivity index (χ4n) is 4.13. The lowest BCUT2D eigenvalue weighted by Crippen LogP contribution is -2.49. The average molecular weight is 318 g/mol. The van der Waals surface area contributed by atoms with Crippen LogP contribution in [0.4, 0.5) is 5.69 Å². The Bertz CT molecular complexity index is 563. The van der Waals surface area contributed by atoms with Gasteiger partial charge in [0.25, 0.3) is 0 Å². The van der Waals surface area contributed by atoms with E-state index in [4.69, 9.17) is 4.74 Å². The standard InChI is InChI=1S/C18H26N2O3/c1-23-15-7-3-2-6-14(15)19-17(22)12-20-11-5-10-18(13-20)9-4-8-16(18)21/h2-3,6-7,16,21H,4-5,8-13H2,1H3,(H,19,22)/t16?,18-/m0/s1. The molecular weight excluding hydrogens is 292 g/mol. The summed E-state index contributed by atoms with van der Waals surface area (Å²) in [5, 5.41) is 13.2. The van der Waals surface area contributed by atoms with E-state index in [9.17, 15) is 9.90 Å². The maximum absolute atomic E-state index is 12.4. The van der Waals surface area contributed by atoms with Crippen LogP contribution in [0.15, 0.2) is 24.3 Å². The number of aliphatic hydroxyl groups excluding tert-OH is 1. The van der Waals surface area contributed by atoms with Crippen molar-refractivity contribution >= 4 is 11.6 Å². The molecule has 2 fully saturated rings. The first-order valence-corrected chi connectivity index (χ1v) is 8.46. The Labute approximate surface area is 137 Å². The summed E-state index contributed by atoms with van der Waals surface area (Å²) in [6.07, 6.45) is 5.02. The van der Waals surface area contributed by atoms with Gasteiger partial charge in [0, 0.05) is 12.0 Å². The second-order valence-corrected chi connectivity index (χ2v) is 6.83. The summed E-state index contributed by atoms with van der Waals surface area (Å²) in [4.78, 5) is 14.5. The Morgan fingerprint density at radius 2 is 2.17 bits per heavy atom. The summed E-state index contributed by atoms with van der Waals surface area (Å²) in [5.74, 6) is 0.640. The summed E-state index contributed by atoms with van der Waals surface area (Å²) in [5.41, 5.74) is 0.718. The van der Waals surface area contributed by atoms with Gasteiger partial charge in [-0.25, -0.2) is 0 Å². The van der Waals surface area contributed by atoms with Crippen molar-refractivity contribution in [3.8, 4) is 5.75 Å². The third kappa shape index (κ3) is 3.51. The Hall–Kier alpha value is -1.59. The fraction of sp³-hybridized carbons (Fsp3) is 0.611. The summed E-state index contributed by atoms with van der Waals surface area (Å²) >= 11 is 0. The number of anilines is 1. The first kappa shape index (κ1) is 16.3. The molecule has 0 bridgehead atoms. The Kier molecular flexibility index (Phi) is 4.87. The fourth-order valence-corrected chi connectivity index (χ4v) is 4.13. The Morgan fingerprint density at radius 3 is 2.91 bits per heavy atom. The zero-order chi connectivity index (χ0) is 16.3. The van der Waals surface area contributed by atoms with Gasteiger partial charge in [-0.3, -0.25) is 9.69 Å². The number of para-hydroxylation sites is 2. The summed E-state index contributed by atoms with van der Waals surface area (Å²) < 4.78 is 5.27. The van der Waals surface area contributed by atoms with Crippen LogP contribution in [0.3, 0.4) is 0 Å². The van der Waals surface area contributed by atoms with E-state index in [0.29, 0.717) is 18.0 Å². The van der Waals surface area contributed by atoms with E-state index in [2.05, 4.69) is 10.2 Å². The second-order valence-electron chi connectivity index (χ2n) is 6.83. The molecule has 1 saturated carbocycles. The highest BCUT2D eigenvalue weighted by atomic mass is 16.5. The van der Waals surface area contributed by atoms with Crippen LogP contribution in [0.25, 0.3) is 0 Å². The van der Waals surface area contributed by atoms with Gasteiger partial charge in [-0.15, -0.1) is 0 Å². The number of rotatable bonds is 4. The van der Waals surface area contributed by atoms with E-state index in [-0.39, 0.29) is 17.4 Å². The molecule has 0 radical (unpaired) electrons. The van der Waals surface area contributed by atoms with Crippen molar-refractivity contribution in [1.82, 2.24) is 4.90 Å². The normalized spacial score (nSPS) is 28.0. The molecule has 1 aliphatic carbocycles. The molecule has 2 aliphatic rings. The topological polar surface area (TPSA) is 61.8 Å². The minimum absolute atomic E-state index is 0.0168. The minimum atomic E-state index is -0.206. The van der Waals surface area contributed by atoms with Crippen molar-refractivity contribution in [3.05, 3.63) is 24.3 Å². The summed E-state index contributed by atoms with van der Waals surface area (Å²) in [7, 11) is 1.60. The van der Waals surface area contributed by atoms with E-state index in [0.717, 1.165) is 45.2 Å². The quantitative estimate of drug-likeness (QED) is 0.894. The van der Waals surface area contributed by atoms with E-state index < -0.39 is 0 Å². The van der Waals surface area contributed by atoms with E-state index >= 15 is 0 Å². The van der Waals surface area contributed by atoms with Crippen LogP contribution in [0.2, 0.25) is 0 Å². The van der Waals surface area contributed by atoms with Crippen LogP contribution < -0.4 is 10.1 Å². The molecule has 0 aromatic heterocycles. The highest BCUT2D eigenvalue weighted by molar-refractivity contribution is 5.93. The van der Waals surface area contributed by atoms with Crippen LogP contribution in [-0.4, -0.2) is 48.8 Å². The van der Waals surface area contributed by atoms with Gasteiger partial charge < -0.3 is 15.2 Å². The van der Waals surface area contributed by atoms with Crippen LogP contribution in [-0.2, 0) is 4.79 Å². The molecule has 126 valence electrons. The van der Waals surface area contributed by atoms with Gasteiger partial charge in [0.05, 0.1) is 25.4 Å². The Morgan fingerprint density at radius 1 is 1.39 bits per heavy atom. The second kappa shape index (κ2) is 6.89. The number of likely N-dealkylation sites (tertiary alicyclic amines) is 1. The molecule has 1 aliphatic heterocycles. The molecule has 1 unspecified atom stereocenters. The molecule has 1 aromatic carbocycles. The summed E-state index contributed by atoms with van der Waals surface area (Å²) in [6.45, 7) is 2.12. The van der Waals surface area contributed by atoms with Gasteiger partial charge in [0.1, 0.15) is 5.75 Å². The molecule has 2 atom stereocenters. The maximum Gasteiger partial charge on any atom is 0.238 e. The first-order valence-electron chi connectivity index (χ1n) is 8.46. The van der Waals surface area contributed by atoms with Gasteiger partial charge in [0.2, 0.25) is 5.91 Å². The van der Waals surface area contributed by atoms with Crippen LogP contribution in [0, 0.1) is 5.41 Å². The lowest BCUT2D eigenvalue weighted by Gasteiger charge is -2.42. The lowest BCUT2D eigenvalue weighted by molar-refractivity contribution is -0.118. The number of hydrogen-bond donors (Lipinski definition) is 2. The molecule has 1 saturated heterocycles. The molecule has 5 nitrogen and oxygen atoms in total. The molecule has 5 heteroatoms. The van der Waals surface area contributed by atoms with Gasteiger partial charge >= 0.3 is 0 Å². The van der Waals surface area contributed by atoms with Crippen LogP contribution in [0.5, 0.6) is 5.75 Å².